The number of nitrogens with two attached hydrogens (primary N) is 1. The van der Waals surface area contributed by atoms with Crippen LogP contribution in [0.25, 0.3) is 16.6 Å². The SMILES string of the molecule is CCOc1c(C(C)c2nc(Cl)c3c(N)nccn23)cc(F)c(C)c1-c1ccc(C(F)(F)F)nc1. The molecule has 0 spiro atoms. The van der Waals surface area contributed by atoms with Gasteiger partial charge in [-0.15, -0.1) is 0 Å². The van der Waals surface area contributed by atoms with Crippen LogP contribution in [0.4, 0.5) is 23.4 Å². The summed E-state index contributed by atoms with van der Waals surface area (Å²) < 4.78 is 61.7. The smallest absolute Gasteiger partial charge is 0.433 e. The van der Waals surface area contributed by atoms with Crippen LogP contribution in [-0.2, 0) is 6.18 Å². The fourth-order valence-corrected chi connectivity index (χ4v) is 4.18. The molecule has 0 saturated heterocycles. The van der Waals surface area contributed by atoms with E-state index >= 15 is 4.39 Å². The number of fused-ring (bicyclic) bond motifs is 1. The summed E-state index contributed by atoms with van der Waals surface area (Å²) in [6.07, 6.45) is -0.387. The van der Waals surface area contributed by atoms with Crippen molar-refractivity contribution >= 4 is 22.9 Å². The van der Waals surface area contributed by atoms with Gasteiger partial charge in [0, 0.05) is 41.2 Å². The number of halogens is 5. The molecular formula is C23H20ClF4N5O. The van der Waals surface area contributed by atoms with Crippen molar-refractivity contribution in [3.63, 3.8) is 0 Å². The molecule has 1 unspecified atom stereocenters. The van der Waals surface area contributed by atoms with Gasteiger partial charge in [-0.3, -0.25) is 9.38 Å². The number of pyridine rings is 1. The van der Waals surface area contributed by atoms with Gasteiger partial charge >= 0.3 is 6.18 Å². The lowest BCUT2D eigenvalue weighted by Gasteiger charge is -2.22. The van der Waals surface area contributed by atoms with Gasteiger partial charge < -0.3 is 10.5 Å². The number of anilines is 1. The number of nitrogens with zero attached hydrogens (tertiary/aromatic N) is 4. The van der Waals surface area contributed by atoms with Crippen LogP contribution in [0.15, 0.2) is 36.8 Å². The van der Waals surface area contributed by atoms with E-state index in [4.69, 9.17) is 22.1 Å². The molecule has 4 aromatic rings. The number of hydrogen-bond acceptors (Lipinski definition) is 5. The third-order valence-corrected chi connectivity index (χ3v) is 5.82. The zero-order valence-electron chi connectivity index (χ0n) is 18.4. The van der Waals surface area contributed by atoms with Gasteiger partial charge in [-0.2, -0.15) is 13.2 Å². The van der Waals surface area contributed by atoms with Crippen molar-refractivity contribution in [2.24, 2.45) is 0 Å². The Balaban J connectivity index is 1.93. The Bertz CT molecular complexity index is 1370. The molecule has 1 aromatic carbocycles. The Morgan fingerprint density at radius 2 is 1.97 bits per heavy atom. The van der Waals surface area contributed by atoms with E-state index < -0.39 is 23.6 Å². The maximum atomic E-state index is 15.1. The third-order valence-electron chi connectivity index (χ3n) is 5.56. The molecule has 0 amide bonds. The van der Waals surface area contributed by atoms with E-state index in [0.717, 1.165) is 12.3 Å². The molecule has 178 valence electrons. The topological polar surface area (TPSA) is 78.3 Å². The van der Waals surface area contributed by atoms with Crippen molar-refractivity contribution in [2.75, 3.05) is 12.3 Å². The largest absolute Gasteiger partial charge is 0.493 e. The molecule has 1 atom stereocenters. The lowest BCUT2D eigenvalue weighted by Crippen LogP contribution is -2.10. The highest BCUT2D eigenvalue weighted by Gasteiger charge is 2.33. The minimum Gasteiger partial charge on any atom is -0.493 e. The first-order chi connectivity index (χ1) is 16.0. The van der Waals surface area contributed by atoms with Crippen LogP contribution in [0.3, 0.4) is 0 Å². The Labute approximate surface area is 197 Å². The van der Waals surface area contributed by atoms with Gasteiger partial charge in [-0.05, 0) is 31.5 Å². The van der Waals surface area contributed by atoms with Gasteiger partial charge in [0.25, 0.3) is 0 Å². The fraction of sp³-hybridized carbons (Fsp3) is 0.261. The van der Waals surface area contributed by atoms with Crippen molar-refractivity contribution in [2.45, 2.75) is 32.9 Å². The minimum absolute atomic E-state index is 0.144. The van der Waals surface area contributed by atoms with Crippen molar-refractivity contribution in [1.29, 1.82) is 0 Å². The summed E-state index contributed by atoms with van der Waals surface area (Å²) in [5.41, 5.74) is 6.60. The molecule has 0 saturated carbocycles. The van der Waals surface area contributed by atoms with E-state index in [1.807, 2.05) is 0 Å². The Morgan fingerprint density at radius 1 is 1.24 bits per heavy atom. The van der Waals surface area contributed by atoms with Gasteiger partial charge in [0.2, 0.25) is 0 Å². The molecule has 11 heteroatoms. The number of nitrogen functional groups attached to an aromatic ring is 1. The van der Waals surface area contributed by atoms with Crippen LogP contribution in [0, 0.1) is 12.7 Å². The van der Waals surface area contributed by atoms with Gasteiger partial charge in [0.1, 0.15) is 28.6 Å². The second kappa shape index (κ2) is 8.75. The van der Waals surface area contributed by atoms with Gasteiger partial charge in [0.15, 0.2) is 11.0 Å². The Hall–Kier alpha value is -3.40. The zero-order chi connectivity index (χ0) is 24.8. The molecule has 0 aliphatic heterocycles. The molecule has 3 heterocycles. The van der Waals surface area contributed by atoms with Gasteiger partial charge in [-0.1, -0.05) is 24.6 Å². The Kier molecular flexibility index (Phi) is 6.11. The molecule has 2 N–H and O–H groups in total. The molecule has 0 bridgehead atoms. The first-order valence-electron chi connectivity index (χ1n) is 10.3. The fourth-order valence-electron chi connectivity index (χ4n) is 3.91. The van der Waals surface area contributed by atoms with E-state index in [0.29, 0.717) is 33.8 Å². The molecule has 0 aliphatic rings. The second-order valence-corrected chi connectivity index (χ2v) is 8.01. The lowest BCUT2D eigenvalue weighted by molar-refractivity contribution is -0.141. The van der Waals surface area contributed by atoms with Crippen molar-refractivity contribution in [1.82, 2.24) is 19.4 Å². The quantitative estimate of drug-likeness (QED) is 0.343. The number of ether oxygens (including phenoxy) is 1. The first-order valence-corrected chi connectivity index (χ1v) is 10.7. The minimum atomic E-state index is -4.59. The van der Waals surface area contributed by atoms with Crippen LogP contribution < -0.4 is 10.5 Å². The average molecular weight is 494 g/mol. The number of alkyl halides is 3. The van der Waals surface area contributed by atoms with Crippen LogP contribution >= 0.6 is 11.6 Å². The number of aromatic nitrogens is 4. The van der Waals surface area contributed by atoms with Crippen LogP contribution in [0.5, 0.6) is 5.75 Å². The summed E-state index contributed by atoms with van der Waals surface area (Å²) in [7, 11) is 0. The summed E-state index contributed by atoms with van der Waals surface area (Å²) in [6, 6.07) is 3.45. The maximum Gasteiger partial charge on any atom is 0.433 e. The van der Waals surface area contributed by atoms with Crippen molar-refractivity contribution in [3.8, 4) is 16.9 Å². The van der Waals surface area contributed by atoms with Crippen molar-refractivity contribution < 1.29 is 22.3 Å². The van der Waals surface area contributed by atoms with E-state index in [-0.39, 0.29) is 23.1 Å². The highest BCUT2D eigenvalue weighted by atomic mass is 35.5. The van der Waals surface area contributed by atoms with Crippen LogP contribution in [-0.4, -0.2) is 26.0 Å². The second-order valence-electron chi connectivity index (χ2n) is 7.65. The number of imidazole rings is 1. The monoisotopic (exact) mass is 493 g/mol. The molecule has 4 rings (SSSR count). The van der Waals surface area contributed by atoms with Crippen LogP contribution in [0.1, 0.15) is 42.4 Å². The lowest BCUT2D eigenvalue weighted by atomic mass is 9.91. The highest BCUT2D eigenvalue weighted by molar-refractivity contribution is 6.33. The summed E-state index contributed by atoms with van der Waals surface area (Å²) >= 11 is 6.29. The molecule has 0 aliphatic carbocycles. The highest BCUT2D eigenvalue weighted by Crippen LogP contribution is 2.43. The molecule has 0 radical (unpaired) electrons. The van der Waals surface area contributed by atoms with E-state index in [1.54, 1.807) is 24.4 Å². The standard InChI is InChI=1S/C23H20ClF4N5O/c1-4-34-19-14(11(2)22-32-20(24)18-21(29)30-7-8-33(18)22)9-15(25)12(3)17(19)13-5-6-16(31-10-13)23(26,27)28/h5-11H,4H2,1-3H3,(H2,29,30). The first kappa shape index (κ1) is 23.7. The van der Waals surface area contributed by atoms with E-state index in [9.17, 15) is 13.2 Å². The molecule has 6 nitrogen and oxygen atoms in total. The molecule has 0 fully saturated rings. The van der Waals surface area contributed by atoms with Crippen LogP contribution in [0.2, 0.25) is 5.15 Å². The predicted molar refractivity (Wildman–Crippen MR) is 120 cm³/mol. The normalized spacial score (nSPS) is 12.8. The van der Waals surface area contributed by atoms with Gasteiger partial charge in [0.05, 0.1) is 6.61 Å². The molecular weight excluding hydrogens is 474 g/mol. The average Bonchev–Trinajstić information content (AvgIpc) is 3.13. The molecule has 34 heavy (non-hydrogen) atoms. The maximum absolute atomic E-state index is 15.1. The number of rotatable bonds is 5. The Morgan fingerprint density at radius 3 is 2.59 bits per heavy atom. The van der Waals surface area contributed by atoms with E-state index in [1.165, 1.54) is 25.3 Å². The molecule has 3 aromatic heterocycles. The van der Waals surface area contributed by atoms with E-state index in [2.05, 4.69) is 15.0 Å². The number of benzene rings is 1. The summed E-state index contributed by atoms with van der Waals surface area (Å²) in [5, 5.41) is 0.144. The van der Waals surface area contributed by atoms with Crippen molar-refractivity contribution in [3.05, 3.63) is 70.4 Å². The third kappa shape index (κ3) is 4.02. The zero-order valence-corrected chi connectivity index (χ0v) is 19.2. The predicted octanol–water partition coefficient (Wildman–Crippen LogP) is 6.04. The summed E-state index contributed by atoms with van der Waals surface area (Å²) in [6.45, 7) is 5.33. The van der Waals surface area contributed by atoms with Gasteiger partial charge in [-0.25, -0.2) is 14.4 Å². The summed E-state index contributed by atoms with van der Waals surface area (Å²) in [5.74, 6) is -0.0943. The number of hydrogen-bond donors (Lipinski definition) is 1. The summed E-state index contributed by atoms with van der Waals surface area (Å²) in [4.78, 5) is 12.0.